The summed E-state index contributed by atoms with van der Waals surface area (Å²) in [7, 11) is 0. The van der Waals surface area contributed by atoms with Gasteiger partial charge in [-0.3, -0.25) is 5.32 Å². The maximum Gasteiger partial charge on any atom is 0.411 e. The molecule has 1 N–H and O–H groups in total. The summed E-state index contributed by atoms with van der Waals surface area (Å²) in [6, 6.07) is 17.2. The predicted molar refractivity (Wildman–Crippen MR) is 78.5 cm³/mol. The molecule has 0 radical (unpaired) electrons. The third-order valence-corrected chi connectivity index (χ3v) is 3.29. The molecule has 3 nitrogen and oxygen atoms in total. The van der Waals surface area contributed by atoms with Crippen molar-refractivity contribution in [1.29, 1.82) is 0 Å². The molecule has 0 aliphatic heterocycles. The third-order valence-electron chi connectivity index (χ3n) is 2.55. The SMILES string of the molecule is CSc1ccc(NC(=O)OCc2ccccc2)cc1. The number of carbonyl (C=O) groups is 1. The maximum atomic E-state index is 11.6. The summed E-state index contributed by atoms with van der Waals surface area (Å²) in [6.45, 7) is 0.273. The molecule has 0 atom stereocenters. The van der Waals surface area contributed by atoms with E-state index < -0.39 is 6.09 Å². The highest BCUT2D eigenvalue weighted by Crippen LogP contribution is 2.17. The van der Waals surface area contributed by atoms with Gasteiger partial charge in [-0.2, -0.15) is 0 Å². The Kier molecular flexibility index (Phi) is 4.86. The molecule has 0 aliphatic carbocycles. The van der Waals surface area contributed by atoms with Gasteiger partial charge >= 0.3 is 6.09 Å². The minimum absolute atomic E-state index is 0.273. The van der Waals surface area contributed by atoms with Gasteiger partial charge in [-0.25, -0.2) is 4.79 Å². The quantitative estimate of drug-likeness (QED) is 0.850. The highest BCUT2D eigenvalue weighted by molar-refractivity contribution is 7.98. The lowest BCUT2D eigenvalue weighted by Gasteiger charge is -2.07. The van der Waals surface area contributed by atoms with Crippen molar-refractivity contribution in [2.75, 3.05) is 11.6 Å². The summed E-state index contributed by atoms with van der Waals surface area (Å²) in [6.07, 6.45) is 1.57. The van der Waals surface area contributed by atoms with Crippen molar-refractivity contribution in [3.8, 4) is 0 Å². The van der Waals surface area contributed by atoms with E-state index in [2.05, 4.69) is 5.32 Å². The van der Waals surface area contributed by atoms with Crippen molar-refractivity contribution in [1.82, 2.24) is 0 Å². The lowest BCUT2D eigenvalue weighted by molar-refractivity contribution is 0.155. The molecule has 98 valence electrons. The molecule has 0 fully saturated rings. The Morgan fingerprint density at radius 3 is 2.42 bits per heavy atom. The summed E-state index contributed by atoms with van der Waals surface area (Å²) in [5, 5.41) is 2.69. The Balaban J connectivity index is 1.83. The second-order valence-electron chi connectivity index (χ2n) is 3.92. The van der Waals surface area contributed by atoms with E-state index in [-0.39, 0.29) is 6.61 Å². The van der Waals surface area contributed by atoms with Gasteiger partial charge < -0.3 is 4.74 Å². The van der Waals surface area contributed by atoms with Crippen LogP contribution in [0.25, 0.3) is 0 Å². The number of anilines is 1. The Hall–Kier alpha value is -1.94. The fourth-order valence-corrected chi connectivity index (χ4v) is 1.96. The normalized spacial score (nSPS) is 9.95. The molecule has 0 saturated heterocycles. The van der Waals surface area contributed by atoms with Crippen LogP contribution in [0.2, 0.25) is 0 Å². The van der Waals surface area contributed by atoms with Crippen molar-refractivity contribution in [2.24, 2.45) is 0 Å². The Morgan fingerprint density at radius 2 is 1.79 bits per heavy atom. The van der Waals surface area contributed by atoms with Gasteiger partial charge in [0.2, 0.25) is 0 Å². The van der Waals surface area contributed by atoms with Crippen LogP contribution in [0.1, 0.15) is 5.56 Å². The van der Waals surface area contributed by atoms with Crippen LogP contribution in [0.15, 0.2) is 59.5 Å². The molecule has 2 aromatic carbocycles. The zero-order valence-corrected chi connectivity index (χ0v) is 11.4. The van der Waals surface area contributed by atoms with Gasteiger partial charge in [0.25, 0.3) is 0 Å². The molecule has 0 spiro atoms. The van der Waals surface area contributed by atoms with Crippen molar-refractivity contribution in [2.45, 2.75) is 11.5 Å². The van der Waals surface area contributed by atoms with Crippen molar-refractivity contribution in [3.63, 3.8) is 0 Å². The van der Waals surface area contributed by atoms with Crippen molar-refractivity contribution < 1.29 is 9.53 Å². The molecule has 0 aliphatic rings. The van der Waals surface area contributed by atoms with Gasteiger partial charge in [0.1, 0.15) is 6.61 Å². The first-order valence-electron chi connectivity index (χ1n) is 5.89. The zero-order chi connectivity index (χ0) is 13.5. The highest BCUT2D eigenvalue weighted by Gasteiger charge is 2.03. The number of ether oxygens (including phenoxy) is 1. The number of hydrogen-bond acceptors (Lipinski definition) is 3. The summed E-state index contributed by atoms with van der Waals surface area (Å²) in [4.78, 5) is 12.8. The first-order valence-corrected chi connectivity index (χ1v) is 7.12. The summed E-state index contributed by atoms with van der Waals surface area (Å²) < 4.78 is 5.13. The number of nitrogens with one attached hydrogen (secondary N) is 1. The van der Waals surface area contributed by atoms with Gasteiger partial charge in [-0.05, 0) is 36.1 Å². The molecule has 0 saturated carbocycles. The molecule has 0 bridgehead atoms. The molecular formula is C15H15NO2S. The van der Waals surface area contributed by atoms with Crippen LogP contribution in [0.3, 0.4) is 0 Å². The van der Waals surface area contributed by atoms with E-state index >= 15 is 0 Å². The minimum Gasteiger partial charge on any atom is -0.444 e. The average Bonchev–Trinajstić information content (AvgIpc) is 2.47. The Morgan fingerprint density at radius 1 is 1.11 bits per heavy atom. The largest absolute Gasteiger partial charge is 0.444 e. The van der Waals surface area contributed by atoms with Crippen LogP contribution in [0, 0.1) is 0 Å². The minimum atomic E-state index is -0.444. The molecule has 0 unspecified atom stereocenters. The summed E-state index contributed by atoms with van der Waals surface area (Å²) >= 11 is 1.66. The van der Waals surface area contributed by atoms with Gasteiger partial charge in [-0.1, -0.05) is 30.3 Å². The van der Waals surface area contributed by atoms with E-state index in [0.29, 0.717) is 0 Å². The van der Waals surface area contributed by atoms with Gasteiger partial charge in [0, 0.05) is 10.6 Å². The number of carbonyl (C=O) groups excluding carboxylic acids is 1. The van der Waals surface area contributed by atoms with E-state index in [1.165, 1.54) is 0 Å². The predicted octanol–water partition coefficient (Wildman–Crippen LogP) is 4.16. The summed E-state index contributed by atoms with van der Waals surface area (Å²) in [5.74, 6) is 0. The average molecular weight is 273 g/mol. The topological polar surface area (TPSA) is 38.3 Å². The third kappa shape index (κ3) is 4.34. The Labute approximate surface area is 117 Å². The number of benzene rings is 2. The Bertz CT molecular complexity index is 526. The first kappa shape index (κ1) is 13.5. The fourth-order valence-electron chi connectivity index (χ4n) is 1.55. The molecule has 1 amide bonds. The van der Waals surface area contributed by atoms with Gasteiger partial charge in [0.15, 0.2) is 0 Å². The second-order valence-corrected chi connectivity index (χ2v) is 4.79. The van der Waals surface area contributed by atoms with E-state index in [4.69, 9.17) is 4.74 Å². The summed E-state index contributed by atoms with van der Waals surface area (Å²) in [5.41, 5.74) is 1.70. The van der Waals surface area contributed by atoms with Crippen LogP contribution in [0.5, 0.6) is 0 Å². The smallest absolute Gasteiger partial charge is 0.411 e. The van der Waals surface area contributed by atoms with E-state index in [9.17, 15) is 4.79 Å². The van der Waals surface area contributed by atoms with Crippen LogP contribution in [-0.2, 0) is 11.3 Å². The van der Waals surface area contributed by atoms with Crippen LogP contribution in [0.4, 0.5) is 10.5 Å². The van der Waals surface area contributed by atoms with E-state index in [1.807, 2.05) is 60.9 Å². The number of thioether (sulfide) groups is 1. The second kappa shape index (κ2) is 6.85. The molecule has 0 heterocycles. The number of rotatable bonds is 4. The molecule has 19 heavy (non-hydrogen) atoms. The first-order chi connectivity index (χ1) is 9.28. The molecular weight excluding hydrogens is 258 g/mol. The van der Waals surface area contributed by atoms with Gasteiger partial charge in [-0.15, -0.1) is 11.8 Å². The van der Waals surface area contributed by atoms with Crippen LogP contribution >= 0.6 is 11.8 Å². The van der Waals surface area contributed by atoms with Gasteiger partial charge in [0.05, 0.1) is 0 Å². The zero-order valence-electron chi connectivity index (χ0n) is 10.6. The van der Waals surface area contributed by atoms with Crippen LogP contribution in [-0.4, -0.2) is 12.3 Å². The van der Waals surface area contributed by atoms with E-state index in [0.717, 1.165) is 16.1 Å². The monoisotopic (exact) mass is 273 g/mol. The molecule has 0 aromatic heterocycles. The lowest BCUT2D eigenvalue weighted by atomic mass is 10.2. The highest BCUT2D eigenvalue weighted by atomic mass is 32.2. The molecule has 4 heteroatoms. The van der Waals surface area contributed by atoms with E-state index in [1.54, 1.807) is 11.8 Å². The lowest BCUT2D eigenvalue weighted by Crippen LogP contribution is -2.13. The van der Waals surface area contributed by atoms with Crippen molar-refractivity contribution >= 4 is 23.5 Å². The van der Waals surface area contributed by atoms with Crippen molar-refractivity contribution in [3.05, 3.63) is 60.2 Å². The maximum absolute atomic E-state index is 11.6. The number of hydrogen-bond donors (Lipinski definition) is 1. The standard InChI is InChI=1S/C15H15NO2S/c1-19-14-9-7-13(8-10-14)16-15(17)18-11-12-5-3-2-4-6-12/h2-10H,11H2,1H3,(H,16,17). The number of amides is 1. The van der Waals surface area contributed by atoms with Crippen LogP contribution < -0.4 is 5.32 Å². The fraction of sp³-hybridized carbons (Fsp3) is 0.133. The molecule has 2 aromatic rings. The molecule has 2 rings (SSSR count).